The minimum atomic E-state index is -0.700. The Bertz CT molecular complexity index is 917. The van der Waals surface area contributed by atoms with Gasteiger partial charge in [0, 0.05) is 0 Å². The van der Waals surface area contributed by atoms with Crippen molar-refractivity contribution < 1.29 is 28.1 Å². The molecule has 0 unspecified atom stereocenters. The summed E-state index contributed by atoms with van der Waals surface area (Å²) in [7, 11) is -1.25. The van der Waals surface area contributed by atoms with Crippen LogP contribution in [0.5, 0.6) is 0 Å². The van der Waals surface area contributed by atoms with Gasteiger partial charge in [-0.05, 0) is 105 Å². The van der Waals surface area contributed by atoms with Gasteiger partial charge >= 0.3 is 20.2 Å². The summed E-state index contributed by atoms with van der Waals surface area (Å²) in [5.41, 5.74) is -0.495. The Hall–Kier alpha value is -1.34. The highest BCUT2D eigenvalue weighted by Gasteiger charge is 2.54. The Morgan fingerprint density at radius 3 is 1.71 bits per heavy atom. The first-order valence-corrected chi connectivity index (χ1v) is 12.6. The molecule has 186 valence electrons. The second-order valence-electron chi connectivity index (χ2n) is 12.4. The van der Waals surface area contributed by atoms with Gasteiger partial charge in [-0.15, -0.1) is 0 Å². The normalized spacial score (nSPS) is 26.5. The highest BCUT2D eigenvalue weighted by Crippen LogP contribution is 2.38. The van der Waals surface area contributed by atoms with Crippen LogP contribution < -0.4 is 10.9 Å². The molecule has 1 saturated carbocycles. The topological polar surface area (TPSA) is 63.2 Å². The molecule has 1 aliphatic carbocycles. The van der Waals surface area contributed by atoms with Crippen LogP contribution in [0.3, 0.4) is 0 Å². The van der Waals surface area contributed by atoms with Gasteiger partial charge in [-0.2, -0.15) is 0 Å². The SMILES string of the molecule is CC1(OC(=O)c2ccc(B3OC(C)(C)C(C)(C)O3)cc2B2OC(C)(C)C(C)(C)O2)CCCCC1. The number of esters is 1. The standard InChI is InChI=1S/C26H40B2O6/c1-22(2)23(3,4)32-27(31-22)18-13-14-19(21(29)30-26(9)15-11-10-12-16-26)20(17-18)28-33-24(5,6)25(7,8)34-28/h13-14,17H,10-12,15-16H2,1-9H3. The molecule has 0 radical (unpaired) electrons. The molecule has 0 bridgehead atoms. The third-order valence-electron chi connectivity index (χ3n) is 8.58. The zero-order chi connectivity index (χ0) is 25.2. The lowest BCUT2D eigenvalue weighted by atomic mass is 9.69. The summed E-state index contributed by atoms with van der Waals surface area (Å²) < 4.78 is 31.3. The second kappa shape index (κ2) is 8.36. The Morgan fingerprint density at radius 2 is 1.21 bits per heavy atom. The summed E-state index contributed by atoms with van der Waals surface area (Å²) in [4.78, 5) is 13.5. The van der Waals surface area contributed by atoms with Crippen molar-refractivity contribution >= 4 is 31.1 Å². The van der Waals surface area contributed by atoms with E-state index in [1.165, 1.54) is 6.42 Å². The fraction of sp³-hybridized carbons (Fsp3) is 0.731. The Kier molecular flexibility index (Phi) is 6.33. The number of rotatable bonds is 4. The first-order valence-electron chi connectivity index (χ1n) is 12.6. The van der Waals surface area contributed by atoms with Gasteiger partial charge in [-0.3, -0.25) is 0 Å². The summed E-state index contributed by atoms with van der Waals surface area (Å²) >= 11 is 0. The monoisotopic (exact) mass is 470 g/mol. The van der Waals surface area contributed by atoms with Crippen molar-refractivity contribution in [1.82, 2.24) is 0 Å². The van der Waals surface area contributed by atoms with Gasteiger partial charge in [0.2, 0.25) is 0 Å². The van der Waals surface area contributed by atoms with Crippen LogP contribution in [0.2, 0.25) is 0 Å². The molecular weight excluding hydrogens is 430 g/mol. The molecule has 8 heteroatoms. The Morgan fingerprint density at radius 1 is 0.735 bits per heavy atom. The van der Waals surface area contributed by atoms with Gasteiger partial charge in [-0.25, -0.2) is 4.79 Å². The third kappa shape index (κ3) is 4.59. The fourth-order valence-corrected chi connectivity index (χ4v) is 4.74. The van der Waals surface area contributed by atoms with Gasteiger partial charge in [0.25, 0.3) is 0 Å². The van der Waals surface area contributed by atoms with E-state index in [0.717, 1.165) is 31.1 Å². The van der Waals surface area contributed by atoms with Crippen molar-refractivity contribution in [1.29, 1.82) is 0 Å². The van der Waals surface area contributed by atoms with E-state index in [-0.39, 0.29) is 5.97 Å². The van der Waals surface area contributed by atoms with Gasteiger partial charge in [0.05, 0.1) is 28.0 Å². The largest absolute Gasteiger partial charge is 0.495 e. The van der Waals surface area contributed by atoms with E-state index in [0.29, 0.717) is 11.0 Å². The van der Waals surface area contributed by atoms with E-state index < -0.39 is 42.2 Å². The molecule has 2 aliphatic heterocycles. The van der Waals surface area contributed by atoms with E-state index in [2.05, 4.69) is 0 Å². The van der Waals surface area contributed by atoms with E-state index in [1.807, 2.05) is 74.4 Å². The Labute approximate surface area is 205 Å². The maximum absolute atomic E-state index is 13.5. The molecule has 2 saturated heterocycles. The lowest BCUT2D eigenvalue weighted by Gasteiger charge is -2.33. The molecule has 0 amide bonds. The number of hydrogen-bond donors (Lipinski definition) is 0. The van der Waals surface area contributed by atoms with Gasteiger partial charge in [0.15, 0.2) is 0 Å². The van der Waals surface area contributed by atoms with Gasteiger partial charge in [-0.1, -0.05) is 18.6 Å². The van der Waals surface area contributed by atoms with E-state index in [1.54, 1.807) is 6.07 Å². The molecule has 0 aromatic heterocycles. The highest BCUT2D eigenvalue weighted by atomic mass is 16.7. The molecule has 1 aromatic rings. The zero-order valence-corrected chi connectivity index (χ0v) is 22.4. The maximum atomic E-state index is 13.5. The average Bonchev–Trinajstić information content (AvgIpc) is 3.07. The van der Waals surface area contributed by atoms with Crippen LogP contribution in [0.25, 0.3) is 0 Å². The Balaban J connectivity index is 1.69. The molecule has 34 heavy (non-hydrogen) atoms. The number of benzene rings is 1. The minimum absolute atomic E-state index is 0.338. The summed E-state index contributed by atoms with van der Waals surface area (Å²) in [5, 5.41) is 0. The number of carbonyl (C=O) groups excluding carboxylic acids is 1. The second-order valence-corrected chi connectivity index (χ2v) is 12.4. The summed E-state index contributed by atoms with van der Waals surface area (Å²) in [5.74, 6) is -0.338. The molecule has 6 nitrogen and oxygen atoms in total. The molecule has 4 rings (SSSR count). The van der Waals surface area contributed by atoms with E-state index in [9.17, 15) is 4.79 Å². The van der Waals surface area contributed by atoms with Crippen LogP contribution >= 0.6 is 0 Å². The number of hydrogen-bond acceptors (Lipinski definition) is 6. The smallest absolute Gasteiger partial charge is 0.456 e. The first kappa shape index (κ1) is 25.7. The molecule has 1 aromatic carbocycles. The predicted octanol–water partition coefficient (Wildman–Crippen LogP) is 4.16. The highest BCUT2D eigenvalue weighted by molar-refractivity contribution is 6.67. The van der Waals surface area contributed by atoms with Crippen LogP contribution in [0.1, 0.15) is 105 Å². The van der Waals surface area contributed by atoms with Crippen molar-refractivity contribution in [3.8, 4) is 0 Å². The molecule has 0 atom stereocenters. The van der Waals surface area contributed by atoms with Crippen LogP contribution in [-0.2, 0) is 23.4 Å². The summed E-state index contributed by atoms with van der Waals surface area (Å²) in [6.07, 6.45) is 5.12. The van der Waals surface area contributed by atoms with Crippen molar-refractivity contribution in [2.75, 3.05) is 0 Å². The molecule has 3 aliphatic rings. The van der Waals surface area contributed by atoms with Crippen LogP contribution in [0.4, 0.5) is 0 Å². The quantitative estimate of drug-likeness (QED) is 0.487. The average molecular weight is 470 g/mol. The van der Waals surface area contributed by atoms with Crippen molar-refractivity contribution in [2.45, 2.75) is 122 Å². The minimum Gasteiger partial charge on any atom is -0.456 e. The van der Waals surface area contributed by atoms with Crippen LogP contribution in [0.15, 0.2) is 18.2 Å². The third-order valence-corrected chi connectivity index (χ3v) is 8.58. The molecule has 2 heterocycles. The zero-order valence-electron chi connectivity index (χ0n) is 22.4. The predicted molar refractivity (Wildman–Crippen MR) is 135 cm³/mol. The molecule has 0 spiro atoms. The summed E-state index contributed by atoms with van der Waals surface area (Å²) in [6.45, 7) is 18.2. The number of ether oxygens (including phenoxy) is 1. The van der Waals surface area contributed by atoms with Gasteiger partial charge < -0.3 is 23.4 Å². The lowest BCUT2D eigenvalue weighted by molar-refractivity contribution is -0.0268. The number of carbonyl (C=O) groups is 1. The van der Waals surface area contributed by atoms with E-state index >= 15 is 0 Å². The fourth-order valence-electron chi connectivity index (χ4n) is 4.74. The molecular formula is C26H40B2O6. The molecule has 3 fully saturated rings. The van der Waals surface area contributed by atoms with Crippen molar-refractivity contribution in [3.05, 3.63) is 23.8 Å². The lowest BCUT2D eigenvalue weighted by Crippen LogP contribution is -2.44. The van der Waals surface area contributed by atoms with Crippen molar-refractivity contribution in [2.24, 2.45) is 0 Å². The van der Waals surface area contributed by atoms with Gasteiger partial charge in [0.1, 0.15) is 5.60 Å². The van der Waals surface area contributed by atoms with Crippen molar-refractivity contribution in [3.63, 3.8) is 0 Å². The van der Waals surface area contributed by atoms with E-state index in [4.69, 9.17) is 23.4 Å². The summed E-state index contributed by atoms with van der Waals surface area (Å²) in [6, 6.07) is 5.61. The van der Waals surface area contributed by atoms with Crippen LogP contribution in [-0.4, -0.2) is 48.2 Å². The van der Waals surface area contributed by atoms with Crippen LogP contribution in [0, 0.1) is 0 Å². The first-order chi connectivity index (χ1) is 15.6. The molecule has 0 N–H and O–H groups in total. The maximum Gasteiger partial charge on any atom is 0.495 e.